The molecule has 0 heterocycles. The van der Waals surface area contributed by atoms with Gasteiger partial charge in [0.2, 0.25) is 0 Å². The molecule has 2 nitrogen and oxygen atoms in total. The first-order valence-electron chi connectivity index (χ1n) is 4.24. The summed E-state index contributed by atoms with van der Waals surface area (Å²) in [7, 11) is -2.71. The van der Waals surface area contributed by atoms with Crippen LogP contribution < -0.4 is 0 Å². The van der Waals surface area contributed by atoms with E-state index in [0.717, 1.165) is 12.8 Å². The summed E-state index contributed by atoms with van der Waals surface area (Å²) in [5.74, 6) is 0.358. The Kier molecular flexibility index (Phi) is 5.56. The van der Waals surface area contributed by atoms with Crippen molar-refractivity contribution in [1.29, 1.82) is 0 Å². The van der Waals surface area contributed by atoms with Gasteiger partial charge in [-0.1, -0.05) is 32.6 Å². The normalized spacial score (nSPS) is 11.8. The van der Waals surface area contributed by atoms with E-state index < -0.39 is 9.84 Å². The van der Waals surface area contributed by atoms with Gasteiger partial charge in [-0.3, -0.25) is 0 Å². The van der Waals surface area contributed by atoms with Crippen LogP contribution in [0.2, 0.25) is 0 Å². The molecule has 0 aliphatic heterocycles. The molecule has 11 heavy (non-hydrogen) atoms. The molecule has 0 aliphatic rings. The van der Waals surface area contributed by atoms with Crippen molar-refractivity contribution in [2.24, 2.45) is 0 Å². The van der Waals surface area contributed by atoms with Crippen LogP contribution in [0.15, 0.2) is 0 Å². The monoisotopic (exact) mass is 178 g/mol. The number of sulfone groups is 1. The first kappa shape index (κ1) is 11.0. The van der Waals surface area contributed by atoms with E-state index in [9.17, 15) is 8.42 Å². The van der Waals surface area contributed by atoms with Gasteiger partial charge < -0.3 is 0 Å². The molecule has 0 saturated heterocycles. The van der Waals surface area contributed by atoms with E-state index in [-0.39, 0.29) is 0 Å². The average Bonchev–Trinajstić information content (AvgIpc) is 1.85. The summed E-state index contributed by atoms with van der Waals surface area (Å²) in [5, 5.41) is 0. The zero-order valence-electron chi connectivity index (χ0n) is 7.47. The van der Waals surface area contributed by atoms with Crippen LogP contribution in [-0.4, -0.2) is 20.4 Å². The maximum atomic E-state index is 10.7. The Morgan fingerprint density at radius 3 is 2.00 bits per heavy atom. The minimum Gasteiger partial charge on any atom is -0.229 e. The number of hydrogen-bond acceptors (Lipinski definition) is 2. The fraction of sp³-hybridized carbons (Fsp3) is 1.00. The summed E-state index contributed by atoms with van der Waals surface area (Å²) < 4.78 is 21.3. The lowest BCUT2D eigenvalue weighted by atomic mass is 10.2. The first-order valence-corrected chi connectivity index (χ1v) is 6.30. The molecule has 0 amide bonds. The molecule has 0 aromatic rings. The lowest BCUT2D eigenvalue weighted by molar-refractivity contribution is 0.592. The van der Waals surface area contributed by atoms with Gasteiger partial charge in [0.15, 0.2) is 0 Å². The maximum absolute atomic E-state index is 10.7. The van der Waals surface area contributed by atoms with Crippen molar-refractivity contribution in [2.75, 3.05) is 12.0 Å². The molecule has 0 N–H and O–H groups in total. The van der Waals surface area contributed by atoms with Crippen molar-refractivity contribution in [3.05, 3.63) is 0 Å². The van der Waals surface area contributed by atoms with Crippen molar-refractivity contribution < 1.29 is 8.42 Å². The molecular formula is C8H18O2S. The molecular weight excluding hydrogens is 160 g/mol. The van der Waals surface area contributed by atoms with E-state index in [1.807, 2.05) is 0 Å². The van der Waals surface area contributed by atoms with Crippen LogP contribution >= 0.6 is 0 Å². The van der Waals surface area contributed by atoms with Crippen LogP contribution in [0.3, 0.4) is 0 Å². The zero-order chi connectivity index (χ0) is 8.74. The molecule has 0 rings (SSSR count). The summed E-state index contributed by atoms with van der Waals surface area (Å²) in [6, 6.07) is 0. The molecule has 0 spiro atoms. The summed E-state index contributed by atoms with van der Waals surface area (Å²) >= 11 is 0. The fourth-order valence-corrected chi connectivity index (χ4v) is 1.70. The Morgan fingerprint density at radius 2 is 1.55 bits per heavy atom. The third-order valence-corrected chi connectivity index (χ3v) is 2.65. The third-order valence-electron chi connectivity index (χ3n) is 1.62. The van der Waals surface area contributed by atoms with Gasteiger partial charge in [0.05, 0.1) is 0 Å². The molecule has 0 aliphatic carbocycles. The molecule has 0 radical (unpaired) electrons. The molecule has 0 bridgehead atoms. The quantitative estimate of drug-likeness (QED) is 0.583. The van der Waals surface area contributed by atoms with E-state index in [1.165, 1.54) is 25.5 Å². The van der Waals surface area contributed by atoms with Gasteiger partial charge in [0.25, 0.3) is 0 Å². The van der Waals surface area contributed by atoms with Crippen LogP contribution in [0.5, 0.6) is 0 Å². The van der Waals surface area contributed by atoms with Crippen LogP contribution in [0.25, 0.3) is 0 Å². The summed E-state index contributed by atoms with van der Waals surface area (Å²) in [6.45, 7) is 2.15. The van der Waals surface area contributed by atoms with Crippen molar-refractivity contribution >= 4 is 9.84 Å². The molecule has 0 fully saturated rings. The summed E-state index contributed by atoms with van der Waals surface area (Å²) in [4.78, 5) is 0. The second-order valence-corrected chi connectivity index (χ2v) is 5.30. The predicted molar refractivity (Wildman–Crippen MR) is 48.5 cm³/mol. The molecule has 0 unspecified atom stereocenters. The van der Waals surface area contributed by atoms with Gasteiger partial charge in [0, 0.05) is 12.0 Å². The topological polar surface area (TPSA) is 34.1 Å². The molecule has 0 aromatic carbocycles. The zero-order valence-corrected chi connectivity index (χ0v) is 8.28. The van der Waals surface area contributed by atoms with Gasteiger partial charge in [-0.2, -0.15) is 0 Å². The average molecular weight is 178 g/mol. The van der Waals surface area contributed by atoms with Gasteiger partial charge in [-0.25, -0.2) is 8.42 Å². The highest BCUT2D eigenvalue weighted by atomic mass is 32.2. The van der Waals surface area contributed by atoms with Gasteiger partial charge in [-0.15, -0.1) is 0 Å². The molecule has 68 valence electrons. The molecule has 0 aromatic heterocycles. The van der Waals surface area contributed by atoms with Crippen LogP contribution in [0, 0.1) is 0 Å². The lowest BCUT2D eigenvalue weighted by Gasteiger charge is -1.97. The molecule has 0 atom stereocenters. The lowest BCUT2D eigenvalue weighted by Crippen LogP contribution is -2.02. The Labute approximate surface area is 69.9 Å². The first-order chi connectivity index (χ1) is 5.06. The van der Waals surface area contributed by atoms with E-state index >= 15 is 0 Å². The van der Waals surface area contributed by atoms with Gasteiger partial charge in [-0.05, 0) is 6.42 Å². The van der Waals surface area contributed by atoms with Crippen LogP contribution in [-0.2, 0) is 9.84 Å². The number of unbranched alkanes of at least 4 members (excludes halogenated alkanes) is 4. The minimum absolute atomic E-state index is 0.358. The van der Waals surface area contributed by atoms with E-state index in [0.29, 0.717) is 5.75 Å². The molecule has 0 saturated carbocycles. The third kappa shape index (κ3) is 9.95. The van der Waals surface area contributed by atoms with E-state index in [4.69, 9.17) is 0 Å². The van der Waals surface area contributed by atoms with Gasteiger partial charge in [0.1, 0.15) is 9.84 Å². The second kappa shape index (κ2) is 5.58. The molecule has 3 heteroatoms. The summed E-state index contributed by atoms with van der Waals surface area (Å²) in [6.07, 6.45) is 6.79. The maximum Gasteiger partial charge on any atom is 0.147 e. The minimum atomic E-state index is -2.71. The van der Waals surface area contributed by atoms with E-state index in [2.05, 4.69) is 6.92 Å². The number of hydrogen-bond donors (Lipinski definition) is 0. The van der Waals surface area contributed by atoms with Crippen molar-refractivity contribution in [3.63, 3.8) is 0 Å². The van der Waals surface area contributed by atoms with Crippen LogP contribution in [0.4, 0.5) is 0 Å². The highest BCUT2D eigenvalue weighted by Gasteiger charge is 1.99. The smallest absolute Gasteiger partial charge is 0.147 e. The Bertz CT molecular complexity index is 171. The second-order valence-electron chi connectivity index (χ2n) is 3.04. The van der Waals surface area contributed by atoms with Crippen molar-refractivity contribution in [3.8, 4) is 0 Å². The van der Waals surface area contributed by atoms with Crippen molar-refractivity contribution in [2.45, 2.75) is 39.0 Å². The van der Waals surface area contributed by atoms with Crippen molar-refractivity contribution in [1.82, 2.24) is 0 Å². The standard InChI is InChI=1S/C8H18O2S/c1-3-4-5-6-7-8-11(2,9)10/h3-8H2,1-2H3. The Morgan fingerprint density at radius 1 is 1.00 bits per heavy atom. The predicted octanol–water partition coefficient (Wildman–Crippen LogP) is 2.00. The number of rotatable bonds is 6. The Hall–Kier alpha value is -0.0500. The fourth-order valence-electron chi connectivity index (χ4n) is 0.968. The highest BCUT2D eigenvalue weighted by molar-refractivity contribution is 7.90. The summed E-state index contributed by atoms with van der Waals surface area (Å²) in [5.41, 5.74) is 0. The largest absolute Gasteiger partial charge is 0.229 e. The SMILES string of the molecule is CCCCCCCS(C)(=O)=O. The van der Waals surface area contributed by atoms with Gasteiger partial charge >= 0.3 is 0 Å². The highest BCUT2D eigenvalue weighted by Crippen LogP contribution is 2.03. The van der Waals surface area contributed by atoms with Crippen LogP contribution in [0.1, 0.15) is 39.0 Å². The van der Waals surface area contributed by atoms with E-state index in [1.54, 1.807) is 0 Å². The Balaban J connectivity index is 3.16.